The topological polar surface area (TPSA) is 17.1 Å². The lowest BCUT2D eigenvalue weighted by atomic mass is 10.2. The Balaban J connectivity index is 3.13. The number of rotatable bonds is 3. The molecule has 0 saturated heterocycles. The molecule has 0 rings (SSSR count). The van der Waals surface area contributed by atoms with Crippen LogP contribution in [0.5, 0.6) is 0 Å². The zero-order valence-corrected chi connectivity index (χ0v) is 7.08. The van der Waals surface area contributed by atoms with Crippen molar-refractivity contribution < 1.29 is 4.79 Å². The van der Waals surface area contributed by atoms with Gasteiger partial charge in [0.25, 0.3) is 0 Å². The normalized spacial score (nSPS) is 8.20. The molecule has 0 fully saturated rings. The van der Waals surface area contributed by atoms with Crippen LogP contribution in [0.15, 0.2) is 0 Å². The molecule has 1 nitrogen and oxygen atoms in total. The van der Waals surface area contributed by atoms with Gasteiger partial charge in [0, 0.05) is 19.3 Å². The Morgan fingerprint density at radius 2 is 2.20 bits per heavy atom. The van der Waals surface area contributed by atoms with Crippen LogP contribution in [0.3, 0.4) is 0 Å². The molecule has 0 N–H and O–H groups in total. The first-order valence-corrected chi connectivity index (χ1v) is 3.89. The van der Waals surface area contributed by atoms with Gasteiger partial charge in [-0.05, 0) is 6.42 Å². The van der Waals surface area contributed by atoms with Crippen LogP contribution in [0.1, 0.15) is 32.6 Å². The van der Waals surface area contributed by atoms with E-state index >= 15 is 0 Å². The molecular formula is C8H12OS. The standard InChI is InChI=1S/C8H12OS/c1-2-3-4-5-6-7-8(9)10/h2,5-7H2,1H3,(H,9,10). The summed E-state index contributed by atoms with van der Waals surface area (Å²) in [7, 11) is 0. The lowest BCUT2D eigenvalue weighted by Gasteiger charge is -1.86. The van der Waals surface area contributed by atoms with Crippen LogP contribution in [-0.4, -0.2) is 5.12 Å². The van der Waals surface area contributed by atoms with Crippen molar-refractivity contribution in [1.29, 1.82) is 0 Å². The average Bonchev–Trinajstić information content (AvgIpc) is 1.87. The maximum Gasteiger partial charge on any atom is 0.185 e. The van der Waals surface area contributed by atoms with Gasteiger partial charge in [0.2, 0.25) is 0 Å². The van der Waals surface area contributed by atoms with Gasteiger partial charge >= 0.3 is 0 Å². The Kier molecular flexibility index (Phi) is 6.42. The van der Waals surface area contributed by atoms with Crippen molar-refractivity contribution >= 4 is 17.7 Å². The van der Waals surface area contributed by atoms with Crippen LogP contribution >= 0.6 is 12.6 Å². The molecule has 0 aromatic rings. The van der Waals surface area contributed by atoms with Gasteiger partial charge in [-0.25, -0.2) is 0 Å². The summed E-state index contributed by atoms with van der Waals surface area (Å²) in [4.78, 5) is 10.3. The van der Waals surface area contributed by atoms with Crippen LogP contribution < -0.4 is 0 Å². The predicted molar refractivity (Wildman–Crippen MR) is 45.9 cm³/mol. The van der Waals surface area contributed by atoms with Crippen molar-refractivity contribution in [1.82, 2.24) is 0 Å². The van der Waals surface area contributed by atoms with E-state index in [1.165, 1.54) is 0 Å². The van der Waals surface area contributed by atoms with Crippen LogP contribution in [0, 0.1) is 11.8 Å². The SMILES string of the molecule is CCC#CCCCC(=O)S. The molecule has 0 heterocycles. The van der Waals surface area contributed by atoms with E-state index in [0.29, 0.717) is 6.42 Å². The van der Waals surface area contributed by atoms with Crippen molar-refractivity contribution in [2.75, 3.05) is 0 Å². The van der Waals surface area contributed by atoms with Crippen molar-refractivity contribution in [2.45, 2.75) is 32.6 Å². The highest BCUT2D eigenvalue weighted by molar-refractivity contribution is 7.96. The number of carbonyl (C=O) groups is 1. The third-order valence-electron chi connectivity index (χ3n) is 0.994. The molecule has 0 spiro atoms. The van der Waals surface area contributed by atoms with Gasteiger partial charge < -0.3 is 0 Å². The fourth-order valence-corrected chi connectivity index (χ4v) is 0.700. The van der Waals surface area contributed by atoms with Crippen LogP contribution in [-0.2, 0) is 4.79 Å². The third-order valence-corrected chi connectivity index (χ3v) is 1.22. The van der Waals surface area contributed by atoms with E-state index in [9.17, 15) is 4.79 Å². The average molecular weight is 156 g/mol. The van der Waals surface area contributed by atoms with Crippen LogP contribution in [0.25, 0.3) is 0 Å². The fourth-order valence-electron chi connectivity index (χ4n) is 0.541. The molecule has 0 saturated carbocycles. The minimum atomic E-state index is -0.0432. The summed E-state index contributed by atoms with van der Waals surface area (Å²) in [6.45, 7) is 2.01. The molecule has 0 aliphatic carbocycles. The van der Waals surface area contributed by atoms with E-state index < -0.39 is 0 Å². The van der Waals surface area contributed by atoms with Gasteiger partial charge in [0.15, 0.2) is 5.12 Å². The summed E-state index contributed by atoms with van der Waals surface area (Å²) in [5, 5.41) is -0.0432. The summed E-state index contributed by atoms with van der Waals surface area (Å²) in [6.07, 6.45) is 3.10. The van der Waals surface area contributed by atoms with E-state index in [4.69, 9.17) is 0 Å². The van der Waals surface area contributed by atoms with Gasteiger partial charge in [0.1, 0.15) is 0 Å². The summed E-state index contributed by atoms with van der Waals surface area (Å²) >= 11 is 3.64. The molecule has 10 heavy (non-hydrogen) atoms. The molecule has 0 bridgehead atoms. The second-order valence-corrected chi connectivity index (χ2v) is 2.45. The van der Waals surface area contributed by atoms with Gasteiger partial charge in [0.05, 0.1) is 0 Å². The Labute approximate surface area is 67.6 Å². The highest BCUT2D eigenvalue weighted by Gasteiger charge is 1.90. The maximum absolute atomic E-state index is 10.3. The minimum Gasteiger partial charge on any atom is -0.288 e. The quantitative estimate of drug-likeness (QED) is 0.376. The number of unbranched alkanes of at least 4 members (excludes halogenated alkanes) is 1. The number of carbonyl (C=O) groups excluding carboxylic acids is 1. The maximum atomic E-state index is 10.3. The smallest absolute Gasteiger partial charge is 0.185 e. The third kappa shape index (κ3) is 7.58. The van der Waals surface area contributed by atoms with Crippen molar-refractivity contribution in [3.8, 4) is 11.8 Å². The molecule has 0 aromatic carbocycles. The molecule has 0 aliphatic rings. The number of hydrogen-bond donors (Lipinski definition) is 1. The monoisotopic (exact) mass is 156 g/mol. The lowest BCUT2D eigenvalue weighted by molar-refractivity contribution is -0.110. The van der Waals surface area contributed by atoms with E-state index in [1.54, 1.807) is 0 Å². The highest BCUT2D eigenvalue weighted by Crippen LogP contribution is 1.96. The summed E-state index contributed by atoms with van der Waals surface area (Å²) in [6, 6.07) is 0. The molecule has 56 valence electrons. The van der Waals surface area contributed by atoms with Crippen molar-refractivity contribution in [2.24, 2.45) is 0 Å². The predicted octanol–water partition coefficient (Wildman–Crippen LogP) is 2.03. The first-order valence-electron chi connectivity index (χ1n) is 3.45. The number of thiol groups is 1. The summed E-state index contributed by atoms with van der Waals surface area (Å²) in [5.41, 5.74) is 0. The molecule has 0 aliphatic heterocycles. The molecule has 0 atom stereocenters. The molecule has 2 heteroatoms. The molecule has 0 unspecified atom stereocenters. The molecule has 0 amide bonds. The van der Waals surface area contributed by atoms with Gasteiger partial charge in [-0.1, -0.05) is 6.92 Å². The van der Waals surface area contributed by atoms with Crippen LogP contribution in [0.4, 0.5) is 0 Å². The summed E-state index contributed by atoms with van der Waals surface area (Å²) in [5.74, 6) is 5.89. The van der Waals surface area contributed by atoms with Crippen molar-refractivity contribution in [3.05, 3.63) is 0 Å². The molecular weight excluding hydrogens is 144 g/mol. The van der Waals surface area contributed by atoms with E-state index in [0.717, 1.165) is 19.3 Å². The zero-order valence-electron chi connectivity index (χ0n) is 6.18. The Bertz CT molecular complexity index is 152. The van der Waals surface area contributed by atoms with Gasteiger partial charge in [-0.2, -0.15) is 0 Å². The lowest BCUT2D eigenvalue weighted by Crippen LogP contribution is -1.83. The first kappa shape index (κ1) is 9.58. The van der Waals surface area contributed by atoms with E-state index in [1.807, 2.05) is 6.92 Å². The molecule has 0 aromatic heterocycles. The van der Waals surface area contributed by atoms with E-state index in [-0.39, 0.29) is 5.12 Å². The fraction of sp³-hybridized carbons (Fsp3) is 0.625. The summed E-state index contributed by atoms with van der Waals surface area (Å²) < 4.78 is 0. The second kappa shape index (κ2) is 6.70. The Morgan fingerprint density at radius 3 is 2.70 bits per heavy atom. The Morgan fingerprint density at radius 1 is 1.50 bits per heavy atom. The van der Waals surface area contributed by atoms with Gasteiger partial charge in [-0.3, -0.25) is 4.79 Å². The Hall–Kier alpha value is -0.420. The first-order chi connectivity index (χ1) is 4.77. The minimum absolute atomic E-state index is 0.0432. The van der Waals surface area contributed by atoms with Gasteiger partial charge in [-0.15, -0.1) is 24.5 Å². The number of hydrogen-bond acceptors (Lipinski definition) is 1. The second-order valence-electron chi connectivity index (χ2n) is 1.95. The van der Waals surface area contributed by atoms with Crippen molar-refractivity contribution in [3.63, 3.8) is 0 Å². The zero-order chi connectivity index (χ0) is 7.82. The van der Waals surface area contributed by atoms with E-state index in [2.05, 4.69) is 24.5 Å². The highest BCUT2D eigenvalue weighted by atomic mass is 32.1. The largest absolute Gasteiger partial charge is 0.288 e. The van der Waals surface area contributed by atoms with Crippen LogP contribution in [0.2, 0.25) is 0 Å². The molecule has 0 radical (unpaired) electrons.